The fourth-order valence-corrected chi connectivity index (χ4v) is 2.96. The van der Waals surface area contributed by atoms with Crippen molar-refractivity contribution in [3.05, 3.63) is 53.1 Å². The summed E-state index contributed by atoms with van der Waals surface area (Å²) in [5.74, 6) is -1.96. The molecule has 8 heteroatoms. The number of nitrogens with two attached hydrogens (primary N) is 1. The molecule has 3 rings (SSSR count). The molecule has 2 heterocycles. The molecule has 7 nitrogen and oxygen atoms in total. The first-order valence-corrected chi connectivity index (χ1v) is 8.21. The number of furan rings is 1. The second-order valence-electron chi connectivity index (χ2n) is 5.21. The highest BCUT2D eigenvalue weighted by Gasteiger charge is 2.23. The molecule has 0 saturated heterocycles. The number of fused-ring (bicyclic) bond motifs is 1. The van der Waals surface area contributed by atoms with E-state index in [9.17, 15) is 14.4 Å². The van der Waals surface area contributed by atoms with Crippen molar-refractivity contribution in [3.63, 3.8) is 0 Å². The number of carbonyl (C=O) groups is 3. The molecular weight excluding hydrogens is 344 g/mol. The number of nitrogens with one attached hydrogen (secondary N) is 1. The summed E-state index contributed by atoms with van der Waals surface area (Å²) < 4.78 is 10.5. The van der Waals surface area contributed by atoms with Gasteiger partial charge in [-0.2, -0.15) is 0 Å². The van der Waals surface area contributed by atoms with Crippen molar-refractivity contribution in [1.82, 2.24) is 0 Å². The van der Waals surface area contributed by atoms with E-state index in [1.807, 2.05) is 6.07 Å². The minimum Gasteiger partial charge on any atom is -0.449 e. The lowest BCUT2D eigenvalue weighted by Crippen LogP contribution is -2.30. The Balaban J connectivity index is 1.67. The van der Waals surface area contributed by atoms with Gasteiger partial charge in [-0.1, -0.05) is 18.2 Å². The van der Waals surface area contributed by atoms with Gasteiger partial charge < -0.3 is 20.2 Å². The number of ether oxygens (including phenoxy) is 1. The smallest absolute Gasteiger partial charge is 0.375 e. The molecular formula is C17H14N2O5S. The maximum absolute atomic E-state index is 12.2. The molecule has 0 fully saturated rings. The molecule has 1 atom stereocenters. The number of amides is 2. The van der Waals surface area contributed by atoms with Crippen LogP contribution in [0.4, 0.5) is 5.00 Å². The average Bonchev–Trinajstić information content (AvgIpc) is 3.20. The summed E-state index contributed by atoms with van der Waals surface area (Å²) in [7, 11) is 0. The third kappa shape index (κ3) is 3.53. The van der Waals surface area contributed by atoms with Gasteiger partial charge in [0.1, 0.15) is 10.6 Å². The zero-order chi connectivity index (χ0) is 18.0. The van der Waals surface area contributed by atoms with Crippen LogP contribution in [-0.2, 0) is 9.53 Å². The van der Waals surface area contributed by atoms with Crippen LogP contribution in [0.25, 0.3) is 11.0 Å². The van der Waals surface area contributed by atoms with Crippen molar-refractivity contribution in [1.29, 1.82) is 0 Å². The lowest BCUT2D eigenvalue weighted by Gasteiger charge is -2.12. The third-order valence-electron chi connectivity index (χ3n) is 3.45. The van der Waals surface area contributed by atoms with E-state index in [0.717, 1.165) is 16.7 Å². The fraction of sp³-hybridized carbons (Fsp3) is 0.118. The number of para-hydroxylation sites is 1. The Morgan fingerprint density at radius 1 is 1.24 bits per heavy atom. The minimum atomic E-state index is -1.08. The molecule has 0 aliphatic heterocycles. The normalized spacial score (nSPS) is 11.9. The molecule has 0 radical (unpaired) electrons. The molecule has 0 spiro atoms. The molecule has 0 bridgehead atoms. The summed E-state index contributed by atoms with van der Waals surface area (Å²) in [6, 6.07) is 10.2. The molecule has 0 aliphatic rings. The van der Waals surface area contributed by atoms with Crippen molar-refractivity contribution >= 4 is 45.1 Å². The van der Waals surface area contributed by atoms with Crippen LogP contribution in [-0.4, -0.2) is 23.9 Å². The van der Waals surface area contributed by atoms with Crippen LogP contribution in [0.5, 0.6) is 0 Å². The summed E-state index contributed by atoms with van der Waals surface area (Å²) in [5, 5.41) is 5.22. The average molecular weight is 358 g/mol. The van der Waals surface area contributed by atoms with E-state index < -0.39 is 23.9 Å². The van der Waals surface area contributed by atoms with Gasteiger partial charge in [-0.3, -0.25) is 9.59 Å². The van der Waals surface area contributed by atoms with E-state index in [1.54, 1.807) is 29.6 Å². The van der Waals surface area contributed by atoms with Crippen LogP contribution >= 0.6 is 11.3 Å². The summed E-state index contributed by atoms with van der Waals surface area (Å²) in [6.07, 6.45) is -1.08. The highest BCUT2D eigenvalue weighted by molar-refractivity contribution is 7.14. The van der Waals surface area contributed by atoms with Crippen LogP contribution in [0.3, 0.4) is 0 Å². The van der Waals surface area contributed by atoms with Gasteiger partial charge in [0.2, 0.25) is 5.76 Å². The first kappa shape index (κ1) is 16.7. The molecule has 0 saturated carbocycles. The first-order valence-electron chi connectivity index (χ1n) is 7.33. The molecule has 2 amide bonds. The Kier molecular flexibility index (Phi) is 4.53. The standard InChI is InChI=1S/C17H14N2O5S/c1-9(15(21)19-16-11(14(18)20)6-7-25-16)23-17(22)13-8-10-4-2-3-5-12(10)24-13/h2-9H,1H3,(H2,18,20)(H,19,21)/t9-/m0/s1. The van der Waals surface area contributed by atoms with Crippen LogP contribution in [0, 0.1) is 0 Å². The Hall–Kier alpha value is -3.13. The summed E-state index contributed by atoms with van der Waals surface area (Å²) in [6.45, 7) is 1.42. The second kappa shape index (κ2) is 6.78. The lowest BCUT2D eigenvalue weighted by atomic mass is 10.2. The van der Waals surface area contributed by atoms with Crippen molar-refractivity contribution in [2.75, 3.05) is 5.32 Å². The SMILES string of the molecule is C[C@H](OC(=O)c1cc2ccccc2o1)C(=O)Nc1sccc1C(N)=O. The van der Waals surface area contributed by atoms with Crippen molar-refractivity contribution in [2.24, 2.45) is 5.73 Å². The van der Waals surface area contributed by atoms with Gasteiger partial charge in [0.05, 0.1) is 5.56 Å². The van der Waals surface area contributed by atoms with Gasteiger partial charge in [0.25, 0.3) is 11.8 Å². The number of hydrogen-bond acceptors (Lipinski definition) is 6. The number of thiophene rings is 1. The number of carbonyl (C=O) groups excluding carboxylic acids is 3. The van der Waals surface area contributed by atoms with Crippen LogP contribution in [0.15, 0.2) is 46.2 Å². The van der Waals surface area contributed by atoms with Gasteiger partial charge in [-0.15, -0.1) is 11.3 Å². The van der Waals surface area contributed by atoms with Crippen molar-refractivity contribution in [2.45, 2.75) is 13.0 Å². The molecule has 25 heavy (non-hydrogen) atoms. The highest BCUT2D eigenvalue weighted by atomic mass is 32.1. The molecule has 3 aromatic rings. The molecule has 3 N–H and O–H groups in total. The van der Waals surface area contributed by atoms with Gasteiger partial charge in [-0.25, -0.2) is 4.79 Å². The first-order chi connectivity index (χ1) is 12.0. The Morgan fingerprint density at radius 3 is 2.72 bits per heavy atom. The largest absolute Gasteiger partial charge is 0.449 e. The van der Waals surface area contributed by atoms with E-state index in [0.29, 0.717) is 10.6 Å². The summed E-state index contributed by atoms with van der Waals surface area (Å²) in [5.41, 5.74) is 5.98. The number of rotatable bonds is 5. The zero-order valence-electron chi connectivity index (χ0n) is 13.1. The Labute approximate surface area is 146 Å². The molecule has 0 unspecified atom stereocenters. The third-order valence-corrected chi connectivity index (χ3v) is 4.28. The fourth-order valence-electron chi connectivity index (χ4n) is 2.17. The second-order valence-corrected chi connectivity index (χ2v) is 6.13. The van der Waals surface area contributed by atoms with E-state index in [-0.39, 0.29) is 11.3 Å². The maximum atomic E-state index is 12.2. The maximum Gasteiger partial charge on any atom is 0.375 e. The number of anilines is 1. The highest BCUT2D eigenvalue weighted by Crippen LogP contribution is 2.23. The monoisotopic (exact) mass is 358 g/mol. The van der Waals surface area contributed by atoms with Crippen molar-refractivity contribution in [3.8, 4) is 0 Å². The minimum absolute atomic E-state index is 0.00907. The van der Waals surface area contributed by atoms with E-state index >= 15 is 0 Å². The summed E-state index contributed by atoms with van der Waals surface area (Å²) in [4.78, 5) is 35.6. The van der Waals surface area contributed by atoms with Crippen molar-refractivity contribution < 1.29 is 23.5 Å². The predicted molar refractivity (Wildman–Crippen MR) is 92.6 cm³/mol. The number of primary amides is 1. The topological polar surface area (TPSA) is 112 Å². The predicted octanol–water partition coefficient (Wildman–Crippen LogP) is 2.78. The van der Waals surface area contributed by atoms with Crippen LogP contribution < -0.4 is 11.1 Å². The molecule has 128 valence electrons. The summed E-state index contributed by atoms with van der Waals surface area (Å²) >= 11 is 1.15. The number of benzene rings is 1. The van der Waals surface area contributed by atoms with Crippen LogP contribution in [0.1, 0.15) is 27.8 Å². The van der Waals surface area contributed by atoms with Gasteiger partial charge in [0.15, 0.2) is 6.10 Å². The lowest BCUT2D eigenvalue weighted by molar-refractivity contribution is -0.123. The van der Waals surface area contributed by atoms with Gasteiger partial charge in [0, 0.05) is 5.39 Å². The van der Waals surface area contributed by atoms with E-state index in [1.165, 1.54) is 13.0 Å². The van der Waals surface area contributed by atoms with E-state index in [4.69, 9.17) is 14.9 Å². The molecule has 1 aromatic carbocycles. The Bertz CT molecular complexity index is 926. The quantitative estimate of drug-likeness (QED) is 0.681. The zero-order valence-corrected chi connectivity index (χ0v) is 14.0. The molecule has 0 aliphatic carbocycles. The Morgan fingerprint density at radius 2 is 2.00 bits per heavy atom. The van der Waals surface area contributed by atoms with Gasteiger partial charge >= 0.3 is 5.97 Å². The number of esters is 1. The van der Waals surface area contributed by atoms with Gasteiger partial charge in [-0.05, 0) is 30.5 Å². The molecule has 2 aromatic heterocycles. The van der Waals surface area contributed by atoms with Crippen LogP contribution in [0.2, 0.25) is 0 Å². The number of hydrogen-bond donors (Lipinski definition) is 2. The van der Waals surface area contributed by atoms with E-state index in [2.05, 4.69) is 5.32 Å².